The molecule has 0 spiro atoms. The molecule has 0 unspecified atom stereocenters. The molecule has 0 bridgehead atoms. The van der Waals surface area contributed by atoms with Gasteiger partial charge < -0.3 is 15.3 Å². The molecule has 2 aromatic rings. The normalized spacial score (nSPS) is 24.5. The van der Waals surface area contributed by atoms with Gasteiger partial charge in [0.05, 0.1) is 24.5 Å². The van der Waals surface area contributed by atoms with E-state index in [9.17, 15) is 24.9 Å². The SMILES string of the molecule is CCC/C(=C\c1cccc(O)c1)CC[C@@H](O)C1=C(C)C[C@H]2C(=O)N(C3CCN(Cc4ccccc4)CC3)C(=O)[C@H]2[C@H]1CO. The van der Waals surface area contributed by atoms with Crippen LogP contribution in [0.3, 0.4) is 0 Å². The van der Waals surface area contributed by atoms with Gasteiger partial charge in [-0.2, -0.15) is 0 Å². The van der Waals surface area contributed by atoms with Crippen molar-refractivity contribution in [3.8, 4) is 5.75 Å². The molecule has 230 valence electrons. The predicted molar refractivity (Wildman–Crippen MR) is 168 cm³/mol. The largest absolute Gasteiger partial charge is 0.508 e. The molecular weight excluding hydrogens is 540 g/mol. The van der Waals surface area contributed by atoms with Gasteiger partial charge in [0, 0.05) is 31.6 Å². The van der Waals surface area contributed by atoms with Crippen molar-refractivity contribution in [2.24, 2.45) is 17.8 Å². The van der Waals surface area contributed by atoms with Crippen molar-refractivity contribution >= 4 is 17.9 Å². The second kappa shape index (κ2) is 14.0. The molecule has 3 N–H and O–H groups in total. The van der Waals surface area contributed by atoms with E-state index in [2.05, 4.69) is 30.0 Å². The van der Waals surface area contributed by atoms with Gasteiger partial charge in [0.2, 0.25) is 11.8 Å². The fourth-order valence-corrected chi connectivity index (χ4v) is 7.60. The molecule has 5 rings (SSSR count). The van der Waals surface area contributed by atoms with E-state index in [4.69, 9.17) is 0 Å². The number of amides is 2. The number of carbonyl (C=O) groups is 2. The quantitative estimate of drug-likeness (QED) is 0.244. The predicted octanol–water partition coefficient (Wildman–Crippen LogP) is 5.31. The van der Waals surface area contributed by atoms with Crippen LogP contribution in [-0.2, 0) is 16.1 Å². The summed E-state index contributed by atoms with van der Waals surface area (Å²) in [5.41, 5.74) is 5.01. The van der Waals surface area contributed by atoms with Crippen molar-refractivity contribution in [1.82, 2.24) is 9.80 Å². The molecule has 0 aromatic heterocycles. The maximum absolute atomic E-state index is 13.9. The summed E-state index contributed by atoms with van der Waals surface area (Å²) in [4.78, 5) is 31.5. The van der Waals surface area contributed by atoms with Crippen LogP contribution < -0.4 is 0 Å². The van der Waals surface area contributed by atoms with Gasteiger partial charge in [0.15, 0.2) is 0 Å². The highest BCUT2D eigenvalue weighted by Gasteiger charge is 2.56. The summed E-state index contributed by atoms with van der Waals surface area (Å²) < 4.78 is 0. The maximum Gasteiger partial charge on any atom is 0.234 e. The minimum Gasteiger partial charge on any atom is -0.508 e. The molecule has 2 saturated heterocycles. The molecular formula is C36H46N2O5. The number of hydrogen-bond donors (Lipinski definition) is 3. The maximum atomic E-state index is 13.9. The third-order valence-corrected chi connectivity index (χ3v) is 9.64. The zero-order valence-electron chi connectivity index (χ0n) is 25.5. The summed E-state index contributed by atoms with van der Waals surface area (Å²) in [7, 11) is 0. The molecule has 3 aliphatic rings. The van der Waals surface area contributed by atoms with Crippen molar-refractivity contribution < 1.29 is 24.9 Å². The van der Waals surface area contributed by atoms with Gasteiger partial charge in [-0.25, -0.2) is 0 Å². The van der Waals surface area contributed by atoms with Crippen LogP contribution in [0.2, 0.25) is 0 Å². The lowest BCUT2D eigenvalue weighted by molar-refractivity contribution is -0.144. The van der Waals surface area contributed by atoms with Crippen LogP contribution in [-0.4, -0.2) is 68.8 Å². The zero-order valence-corrected chi connectivity index (χ0v) is 25.5. The first-order valence-corrected chi connectivity index (χ1v) is 15.9. The summed E-state index contributed by atoms with van der Waals surface area (Å²) >= 11 is 0. The van der Waals surface area contributed by atoms with Crippen LogP contribution in [0.5, 0.6) is 5.75 Å². The number of fused-ring (bicyclic) bond motifs is 1. The number of rotatable bonds is 11. The molecule has 0 radical (unpaired) electrons. The number of phenolic OH excluding ortho intramolecular Hbond substituents is 1. The Morgan fingerprint density at radius 3 is 2.44 bits per heavy atom. The highest BCUT2D eigenvalue weighted by atomic mass is 16.3. The molecule has 7 nitrogen and oxygen atoms in total. The minimum absolute atomic E-state index is 0.109. The molecule has 2 fully saturated rings. The van der Waals surface area contributed by atoms with E-state index in [-0.39, 0.29) is 30.2 Å². The van der Waals surface area contributed by atoms with Crippen LogP contribution in [0.25, 0.3) is 6.08 Å². The molecule has 2 aromatic carbocycles. The Bertz CT molecular complexity index is 1340. The van der Waals surface area contributed by atoms with Crippen LogP contribution in [0.1, 0.15) is 69.9 Å². The standard InChI is InChI=1S/C36H46N2O5/c1-3-8-25(20-27-11-7-12-29(40)21-27)13-14-32(41)33-24(2)19-30-34(31(33)23-39)36(43)38(35(30)42)28-15-17-37(18-16-28)22-26-9-5-4-6-10-26/h4-7,9-12,20-21,28,30-32,34,39-41H,3,8,13-19,22-23H2,1-2H3/b25-20+/t30-,31+,32-,34-/m1/s1. The molecule has 7 heteroatoms. The number of hydrogen-bond acceptors (Lipinski definition) is 6. The van der Waals surface area contributed by atoms with Gasteiger partial charge in [-0.3, -0.25) is 19.4 Å². The number of aromatic hydroxyl groups is 1. The van der Waals surface area contributed by atoms with E-state index in [1.807, 2.05) is 37.3 Å². The summed E-state index contributed by atoms with van der Waals surface area (Å²) in [5, 5.41) is 31.9. The molecule has 1 aliphatic carbocycles. The summed E-state index contributed by atoms with van der Waals surface area (Å²) in [6.07, 6.45) is 6.18. The molecule has 2 aliphatic heterocycles. The molecule has 4 atom stereocenters. The molecule has 2 heterocycles. The lowest BCUT2D eigenvalue weighted by Crippen LogP contribution is -2.47. The average Bonchev–Trinajstić information content (AvgIpc) is 3.24. The van der Waals surface area contributed by atoms with Crippen LogP contribution in [0.15, 0.2) is 71.3 Å². The summed E-state index contributed by atoms with van der Waals surface area (Å²) in [5.74, 6) is -1.71. The number of likely N-dealkylation sites (tertiary alicyclic amines) is 2. The van der Waals surface area contributed by atoms with Crippen LogP contribution >= 0.6 is 0 Å². The number of aliphatic hydroxyl groups is 2. The summed E-state index contributed by atoms with van der Waals surface area (Å²) in [6, 6.07) is 17.4. The van der Waals surface area contributed by atoms with E-state index in [1.54, 1.807) is 12.1 Å². The first-order valence-electron chi connectivity index (χ1n) is 15.9. The lowest BCUT2D eigenvalue weighted by Gasteiger charge is -2.36. The Morgan fingerprint density at radius 2 is 1.77 bits per heavy atom. The van der Waals surface area contributed by atoms with Gasteiger partial charge in [-0.15, -0.1) is 0 Å². The van der Waals surface area contributed by atoms with Crippen molar-refractivity contribution in [2.45, 2.75) is 77.5 Å². The Balaban J connectivity index is 1.25. The zero-order chi connectivity index (χ0) is 30.5. The first-order chi connectivity index (χ1) is 20.8. The number of aliphatic hydroxyl groups excluding tert-OH is 2. The second-order valence-electron chi connectivity index (χ2n) is 12.6. The van der Waals surface area contributed by atoms with Gasteiger partial charge in [-0.1, -0.05) is 73.0 Å². The fraction of sp³-hybridized carbons (Fsp3) is 0.500. The Kier molecular flexibility index (Phi) is 10.2. The third-order valence-electron chi connectivity index (χ3n) is 9.64. The lowest BCUT2D eigenvalue weighted by atomic mass is 9.68. The minimum atomic E-state index is -0.805. The first kappa shape index (κ1) is 31.2. The highest BCUT2D eigenvalue weighted by Crippen LogP contribution is 2.47. The van der Waals surface area contributed by atoms with Crippen LogP contribution in [0, 0.1) is 17.8 Å². The van der Waals surface area contributed by atoms with Gasteiger partial charge in [0.1, 0.15) is 5.75 Å². The number of allylic oxidation sites excluding steroid dienone is 2. The van der Waals surface area contributed by atoms with E-state index < -0.39 is 23.9 Å². The van der Waals surface area contributed by atoms with Gasteiger partial charge in [-0.05, 0) is 74.3 Å². The van der Waals surface area contributed by atoms with E-state index in [0.717, 1.165) is 62.0 Å². The van der Waals surface area contributed by atoms with Crippen molar-refractivity contribution in [3.05, 3.63) is 82.4 Å². The molecule has 2 amide bonds. The second-order valence-corrected chi connectivity index (χ2v) is 12.6. The number of benzene rings is 2. The number of carbonyl (C=O) groups excluding carboxylic acids is 2. The Hall–Kier alpha value is -3.26. The number of piperidine rings is 1. The van der Waals surface area contributed by atoms with E-state index >= 15 is 0 Å². The van der Waals surface area contributed by atoms with E-state index in [1.165, 1.54) is 16.0 Å². The van der Waals surface area contributed by atoms with Crippen molar-refractivity contribution in [1.29, 1.82) is 0 Å². The summed E-state index contributed by atoms with van der Waals surface area (Å²) in [6.45, 7) is 6.30. The smallest absolute Gasteiger partial charge is 0.234 e. The number of phenols is 1. The molecule has 0 saturated carbocycles. The number of imide groups is 1. The average molecular weight is 587 g/mol. The van der Waals surface area contributed by atoms with Gasteiger partial charge >= 0.3 is 0 Å². The Labute approximate surface area is 255 Å². The van der Waals surface area contributed by atoms with Crippen molar-refractivity contribution in [3.63, 3.8) is 0 Å². The van der Waals surface area contributed by atoms with Crippen LogP contribution in [0.4, 0.5) is 0 Å². The topological polar surface area (TPSA) is 101 Å². The number of nitrogens with zero attached hydrogens (tertiary/aromatic N) is 2. The molecule has 43 heavy (non-hydrogen) atoms. The van der Waals surface area contributed by atoms with E-state index in [0.29, 0.717) is 19.3 Å². The van der Waals surface area contributed by atoms with Gasteiger partial charge in [0.25, 0.3) is 0 Å². The van der Waals surface area contributed by atoms with Crippen molar-refractivity contribution in [2.75, 3.05) is 19.7 Å². The fourth-order valence-electron chi connectivity index (χ4n) is 7.60. The Morgan fingerprint density at radius 1 is 1.02 bits per heavy atom. The highest BCUT2D eigenvalue weighted by molar-refractivity contribution is 6.06. The third kappa shape index (κ3) is 6.95. The monoisotopic (exact) mass is 586 g/mol.